The van der Waals surface area contributed by atoms with E-state index < -0.39 is 0 Å². The largest absolute Gasteiger partial charge is 0.494 e. The molecule has 0 aliphatic heterocycles. The lowest BCUT2D eigenvalue weighted by Crippen LogP contribution is -2.25. The van der Waals surface area contributed by atoms with Crippen molar-refractivity contribution in [2.45, 2.75) is 148 Å². The molecular formula is C36H55BrO. The van der Waals surface area contributed by atoms with E-state index in [-0.39, 0.29) is 5.41 Å². The van der Waals surface area contributed by atoms with Gasteiger partial charge in [-0.2, -0.15) is 0 Å². The van der Waals surface area contributed by atoms with Gasteiger partial charge in [0.05, 0.1) is 6.61 Å². The van der Waals surface area contributed by atoms with Crippen LogP contribution < -0.4 is 4.74 Å². The molecule has 0 atom stereocenters. The van der Waals surface area contributed by atoms with E-state index in [2.05, 4.69) is 73.1 Å². The molecule has 1 nitrogen and oxygen atoms in total. The van der Waals surface area contributed by atoms with Crippen molar-refractivity contribution >= 4 is 15.9 Å². The Balaban J connectivity index is 1.82. The third kappa shape index (κ3) is 8.87. The number of benzene rings is 2. The Morgan fingerprint density at radius 1 is 0.553 bits per heavy atom. The van der Waals surface area contributed by atoms with Gasteiger partial charge in [-0.1, -0.05) is 152 Å². The molecule has 1 aliphatic carbocycles. The Labute approximate surface area is 243 Å². The molecule has 0 bridgehead atoms. The molecule has 0 saturated heterocycles. The smallest absolute Gasteiger partial charge is 0.119 e. The monoisotopic (exact) mass is 582 g/mol. The number of halogens is 1. The molecular weight excluding hydrogens is 528 g/mol. The minimum absolute atomic E-state index is 0.116. The normalized spacial score (nSPS) is 13.5. The first-order chi connectivity index (χ1) is 18.7. The predicted molar refractivity (Wildman–Crippen MR) is 171 cm³/mol. The van der Waals surface area contributed by atoms with Crippen LogP contribution in [0.1, 0.15) is 154 Å². The topological polar surface area (TPSA) is 9.23 Å². The Morgan fingerprint density at radius 2 is 1.03 bits per heavy atom. The second-order valence-corrected chi connectivity index (χ2v) is 12.7. The van der Waals surface area contributed by atoms with Gasteiger partial charge in [0.15, 0.2) is 0 Å². The Morgan fingerprint density at radius 3 is 1.61 bits per heavy atom. The van der Waals surface area contributed by atoms with Crippen LogP contribution in [-0.2, 0) is 5.41 Å². The summed E-state index contributed by atoms with van der Waals surface area (Å²) < 4.78 is 7.57. The summed E-state index contributed by atoms with van der Waals surface area (Å²) in [6.07, 6.45) is 25.1. The summed E-state index contributed by atoms with van der Waals surface area (Å²) in [4.78, 5) is 0. The maximum atomic E-state index is 6.36. The number of hydrogen-bond donors (Lipinski definition) is 0. The fourth-order valence-corrected chi connectivity index (χ4v) is 6.87. The van der Waals surface area contributed by atoms with Gasteiger partial charge in [-0.15, -0.1) is 0 Å². The van der Waals surface area contributed by atoms with Gasteiger partial charge in [0.2, 0.25) is 0 Å². The van der Waals surface area contributed by atoms with Gasteiger partial charge in [0, 0.05) is 9.89 Å². The summed E-state index contributed by atoms with van der Waals surface area (Å²) in [5, 5.41) is 0. The highest BCUT2D eigenvalue weighted by molar-refractivity contribution is 9.10. The Bertz CT molecular complexity index is 917. The molecule has 38 heavy (non-hydrogen) atoms. The number of hydrogen-bond acceptors (Lipinski definition) is 1. The molecule has 0 spiro atoms. The molecule has 0 unspecified atom stereocenters. The average Bonchev–Trinajstić information content (AvgIpc) is 3.18. The van der Waals surface area contributed by atoms with E-state index in [1.54, 1.807) is 5.56 Å². The number of unbranched alkanes of at least 4 members (excludes halogenated alkanes) is 14. The van der Waals surface area contributed by atoms with Crippen molar-refractivity contribution in [3.63, 3.8) is 0 Å². The first-order valence-electron chi connectivity index (χ1n) is 16.2. The van der Waals surface area contributed by atoms with Crippen molar-refractivity contribution in [1.29, 1.82) is 0 Å². The molecule has 0 aromatic heterocycles. The van der Waals surface area contributed by atoms with E-state index in [0.717, 1.165) is 18.8 Å². The van der Waals surface area contributed by atoms with Crippen LogP contribution in [0, 0.1) is 0 Å². The lowest BCUT2D eigenvalue weighted by atomic mass is 9.70. The van der Waals surface area contributed by atoms with Crippen LogP contribution in [0.5, 0.6) is 5.75 Å². The fourth-order valence-electron chi connectivity index (χ4n) is 6.51. The number of rotatable bonds is 21. The van der Waals surface area contributed by atoms with Crippen molar-refractivity contribution in [3.05, 3.63) is 52.0 Å². The maximum Gasteiger partial charge on any atom is 0.119 e. The van der Waals surface area contributed by atoms with E-state index in [4.69, 9.17) is 4.74 Å². The SMILES string of the molecule is CCCCCCCCC1(CCCCCCCC)c2cc(Br)ccc2-c2ccc(OCCCCCCC)cc21. The van der Waals surface area contributed by atoms with Crippen molar-refractivity contribution in [1.82, 2.24) is 0 Å². The average molecular weight is 584 g/mol. The van der Waals surface area contributed by atoms with Crippen LogP contribution >= 0.6 is 15.9 Å². The molecule has 1 aliphatic rings. The summed E-state index contributed by atoms with van der Waals surface area (Å²) in [5.41, 5.74) is 6.10. The van der Waals surface area contributed by atoms with E-state index in [0.29, 0.717) is 0 Å². The minimum atomic E-state index is 0.116. The van der Waals surface area contributed by atoms with Gasteiger partial charge >= 0.3 is 0 Å². The molecule has 2 aromatic carbocycles. The second kappa shape index (κ2) is 17.4. The van der Waals surface area contributed by atoms with E-state index >= 15 is 0 Å². The molecule has 2 aromatic rings. The van der Waals surface area contributed by atoms with Crippen LogP contribution in [0.25, 0.3) is 11.1 Å². The highest BCUT2D eigenvalue weighted by Gasteiger charge is 2.42. The van der Waals surface area contributed by atoms with E-state index in [1.807, 2.05) is 0 Å². The van der Waals surface area contributed by atoms with Crippen molar-refractivity contribution in [2.24, 2.45) is 0 Å². The van der Waals surface area contributed by atoms with Gasteiger partial charge in [-0.05, 0) is 65.8 Å². The van der Waals surface area contributed by atoms with Gasteiger partial charge in [-0.3, -0.25) is 0 Å². The van der Waals surface area contributed by atoms with Crippen LogP contribution in [-0.4, -0.2) is 6.61 Å². The molecule has 212 valence electrons. The first-order valence-corrected chi connectivity index (χ1v) is 17.0. The van der Waals surface area contributed by atoms with Gasteiger partial charge in [-0.25, -0.2) is 0 Å². The second-order valence-electron chi connectivity index (χ2n) is 11.8. The van der Waals surface area contributed by atoms with Gasteiger partial charge < -0.3 is 4.74 Å². The lowest BCUT2D eigenvalue weighted by Gasteiger charge is -2.33. The maximum absolute atomic E-state index is 6.36. The Hall–Kier alpha value is -1.28. The molecule has 0 heterocycles. The van der Waals surface area contributed by atoms with Gasteiger partial charge in [0.1, 0.15) is 5.75 Å². The first kappa shape index (κ1) is 31.3. The summed E-state index contributed by atoms with van der Waals surface area (Å²) in [7, 11) is 0. The summed E-state index contributed by atoms with van der Waals surface area (Å²) in [5.74, 6) is 1.07. The minimum Gasteiger partial charge on any atom is -0.494 e. The van der Waals surface area contributed by atoms with Crippen LogP contribution in [0.2, 0.25) is 0 Å². The molecule has 2 heteroatoms. The number of fused-ring (bicyclic) bond motifs is 3. The molecule has 0 saturated carbocycles. The Kier molecular flexibility index (Phi) is 14.3. The van der Waals surface area contributed by atoms with Crippen molar-refractivity contribution < 1.29 is 4.74 Å². The highest BCUT2D eigenvalue weighted by Crippen LogP contribution is 2.55. The molecule has 0 amide bonds. The highest BCUT2D eigenvalue weighted by atomic mass is 79.9. The van der Waals surface area contributed by atoms with Crippen molar-refractivity contribution in [2.75, 3.05) is 6.61 Å². The van der Waals surface area contributed by atoms with Crippen LogP contribution in [0.3, 0.4) is 0 Å². The van der Waals surface area contributed by atoms with Gasteiger partial charge in [0.25, 0.3) is 0 Å². The summed E-state index contributed by atoms with van der Waals surface area (Å²) in [6.45, 7) is 7.73. The zero-order valence-corrected chi connectivity index (χ0v) is 26.5. The van der Waals surface area contributed by atoms with E-state index in [9.17, 15) is 0 Å². The quantitative estimate of drug-likeness (QED) is 0.133. The summed E-state index contributed by atoms with van der Waals surface area (Å²) >= 11 is 3.83. The molecule has 0 fully saturated rings. The summed E-state index contributed by atoms with van der Waals surface area (Å²) in [6, 6.07) is 14.0. The van der Waals surface area contributed by atoms with Crippen molar-refractivity contribution in [3.8, 4) is 16.9 Å². The lowest BCUT2D eigenvalue weighted by molar-refractivity contribution is 0.303. The van der Waals surface area contributed by atoms with Crippen LogP contribution in [0.4, 0.5) is 0 Å². The van der Waals surface area contributed by atoms with E-state index in [1.165, 1.54) is 137 Å². The zero-order valence-electron chi connectivity index (χ0n) is 24.9. The van der Waals surface area contributed by atoms with Crippen LogP contribution in [0.15, 0.2) is 40.9 Å². The standard InChI is InChI=1S/C36H55BrO/c1-4-7-10-13-15-18-25-36(26-19-16-14-11-8-5-2)34-28-30(37)21-23-32(34)33-24-22-31(29-35(33)36)38-27-20-17-12-9-6-3/h21-24,28-29H,4-20,25-27H2,1-3H3. The third-order valence-electron chi connectivity index (χ3n) is 8.72. The molecule has 3 rings (SSSR count). The molecule has 0 radical (unpaired) electrons. The number of ether oxygens (including phenoxy) is 1. The third-order valence-corrected chi connectivity index (χ3v) is 9.22. The molecule has 0 N–H and O–H groups in total. The zero-order chi connectivity index (χ0) is 27.1. The predicted octanol–water partition coefficient (Wildman–Crippen LogP) is 12.6. The fraction of sp³-hybridized carbons (Fsp3) is 0.667.